The van der Waals surface area contributed by atoms with Gasteiger partial charge in [-0.3, -0.25) is 9.59 Å². The maximum atomic E-state index is 11.3. The van der Waals surface area contributed by atoms with Gasteiger partial charge in [-0.15, -0.1) is 0 Å². The predicted molar refractivity (Wildman–Crippen MR) is 80.4 cm³/mol. The van der Waals surface area contributed by atoms with Crippen molar-refractivity contribution in [1.29, 1.82) is 0 Å². The minimum Gasteiger partial charge on any atom is -0.265 e. The zero-order chi connectivity index (χ0) is 11.1. The molecule has 0 atom stereocenters. The Morgan fingerprint density at radius 2 is 1.06 bits per heavy atom. The van der Waals surface area contributed by atoms with Gasteiger partial charge >= 0.3 is 0 Å². The van der Waals surface area contributed by atoms with Crippen molar-refractivity contribution in [3.63, 3.8) is 0 Å². The van der Waals surface area contributed by atoms with Gasteiger partial charge in [-0.2, -0.15) is 0 Å². The Balaban J connectivity index is 2.11. The molecule has 1 aliphatic heterocycles. The van der Waals surface area contributed by atoms with E-state index in [0.29, 0.717) is 0 Å². The van der Waals surface area contributed by atoms with Crippen molar-refractivity contribution in [2.75, 3.05) is 0 Å². The number of rotatable bonds is 0. The Morgan fingerprint density at radius 3 is 1.56 bits per heavy atom. The van der Waals surface area contributed by atoms with Crippen LogP contribution in [0, 0.1) is 0 Å². The minimum atomic E-state index is 0.127. The summed E-state index contributed by atoms with van der Waals surface area (Å²) in [6.45, 7) is 0. The van der Waals surface area contributed by atoms with Crippen LogP contribution in [0.2, 0.25) is 0 Å². The number of fused-ring (bicyclic) bond motifs is 2. The van der Waals surface area contributed by atoms with Crippen molar-refractivity contribution >= 4 is 88.5 Å². The Kier molecular flexibility index (Phi) is 3.80. The second kappa shape index (κ2) is 5.00. The Bertz CT molecular complexity index is 575. The van der Waals surface area contributed by atoms with Gasteiger partial charge < -0.3 is 0 Å². The highest BCUT2D eigenvalue weighted by molar-refractivity contribution is 9.09. The molecule has 0 amide bonds. The van der Waals surface area contributed by atoms with Crippen molar-refractivity contribution in [3.05, 3.63) is 17.7 Å². The normalized spacial score (nSPS) is 15.0. The number of hydrogen-bond acceptors (Lipinski definition) is 10. The van der Waals surface area contributed by atoms with Gasteiger partial charge in [0.15, 0.2) is 0 Å². The average Bonchev–Trinajstić information content (AvgIpc) is 2.70. The standard InChI is InChI=1S/C6O2S8/c7-5-10-1-3(12-5)14-16-15-4-2(9-1)11-6(8)13-4. The third-order valence-electron chi connectivity index (χ3n) is 1.44. The third kappa shape index (κ3) is 2.44. The zero-order valence-corrected chi connectivity index (χ0v) is 13.6. The van der Waals surface area contributed by atoms with Crippen LogP contribution < -0.4 is 8.11 Å². The van der Waals surface area contributed by atoms with Crippen LogP contribution in [0.4, 0.5) is 0 Å². The van der Waals surface area contributed by atoms with E-state index in [9.17, 15) is 9.59 Å². The van der Waals surface area contributed by atoms with Crippen LogP contribution in [-0.2, 0) is 0 Å². The first-order chi connectivity index (χ1) is 7.72. The molecule has 10 heteroatoms. The van der Waals surface area contributed by atoms with Gasteiger partial charge in [0.2, 0.25) is 0 Å². The van der Waals surface area contributed by atoms with E-state index in [2.05, 4.69) is 0 Å². The molecule has 0 bridgehead atoms. The molecule has 0 saturated carbocycles. The van der Waals surface area contributed by atoms with Crippen LogP contribution in [0.25, 0.3) is 0 Å². The Morgan fingerprint density at radius 1 is 0.625 bits per heavy atom. The predicted octanol–water partition coefficient (Wildman–Crippen LogP) is 4.57. The van der Waals surface area contributed by atoms with Gasteiger partial charge in [-0.25, -0.2) is 0 Å². The van der Waals surface area contributed by atoms with Crippen molar-refractivity contribution in [2.45, 2.75) is 16.8 Å². The molecular formula is C6O2S8. The van der Waals surface area contributed by atoms with Gasteiger partial charge in [0.05, 0.1) is 8.42 Å². The topological polar surface area (TPSA) is 34.1 Å². The molecule has 16 heavy (non-hydrogen) atoms. The van der Waals surface area contributed by atoms with Crippen LogP contribution in [0.3, 0.4) is 0 Å². The summed E-state index contributed by atoms with van der Waals surface area (Å²) < 4.78 is 4.44. The molecule has 0 N–H and O–H groups in total. The molecule has 0 aliphatic carbocycles. The molecule has 3 heterocycles. The molecule has 0 saturated heterocycles. The van der Waals surface area contributed by atoms with E-state index < -0.39 is 0 Å². The molecule has 0 spiro atoms. The van der Waals surface area contributed by atoms with E-state index in [-0.39, 0.29) is 8.11 Å². The van der Waals surface area contributed by atoms with Crippen LogP contribution >= 0.6 is 88.5 Å². The summed E-state index contributed by atoms with van der Waals surface area (Å²) in [6.07, 6.45) is 0. The molecular weight excluding hydrogens is 361 g/mol. The molecule has 0 unspecified atom stereocenters. The fourth-order valence-corrected chi connectivity index (χ4v) is 13.7. The van der Waals surface area contributed by atoms with Crippen molar-refractivity contribution in [1.82, 2.24) is 0 Å². The first-order valence-corrected chi connectivity index (χ1v) is 11.3. The molecule has 0 aromatic carbocycles. The lowest BCUT2D eigenvalue weighted by molar-refractivity contribution is 1.48. The Hall–Kier alpha value is 1.10. The molecule has 3 rings (SSSR count). The lowest BCUT2D eigenvalue weighted by atomic mass is 11.1. The monoisotopic (exact) mass is 360 g/mol. The molecule has 2 nitrogen and oxygen atoms in total. The van der Waals surface area contributed by atoms with E-state index in [4.69, 9.17) is 0 Å². The molecule has 2 aromatic rings. The third-order valence-corrected chi connectivity index (χ3v) is 12.6. The van der Waals surface area contributed by atoms with Gasteiger partial charge in [-0.05, 0) is 31.4 Å². The van der Waals surface area contributed by atoms with Crippen LogP contribution in [0.5, 0.6) is 0 Å². The molecule has 84 valence electrons. The second-order valence-corrected chi connectivity index (χ2v) is 12.8. The van der Waals surface area contributed by atoms with Crippen LogP contribution in [0.1, 0.15) is 0 Å². The first-order valence-electron chi connectivity index (χ1n) is 3.69. The fourth-order valence-electron chi connectivity index (χ4n) is 0.901. The quantitative estimate of drug-likeness (QED) is 0.641. The van der Waals surface area contributed by atoms with E-state index in [1.165, 1.54) is 45.3 Å². The Labute approximate surface area is 122 Å². The van der Waals surface area contributed by atoms with Crippen molar-refractivity contribution in [2.24, 2.45) is 0 Å². The van der Waals surface area contributed by atoms with Gasteiger partial charge in [0.1, 0.15) is 8.42 Å². The summed E-state index contributed by atoms with van der Waals surface area (Å²) in [6, 6.07) is 0. The van der Waals surface area contributed by atoms with Gasteiger partial charge in [0.25, 0.3) is 8.11 Å². The lowest BCUT2D eigenvalue weighted by Crippen LogP contribution is -1.74. The van der Waals surface area contributed by atoms with E-state index in [1.807, 2.05) is 0 Å². The summed E-state index contributed by atoms with van der Waals surface area (Å²) in [5, 5.41) is 0. The van der Waals surface area contributed by atoms with Crippen molar-refractivity contribution in [3.8, 4) is 0 Å². The smallest absolute Gasteiger partial charge is 0.265 e. The maximum Gasteiger partial charge on any atom is 0.289 e. The highest BCUT2D eigenvalue weighted by Crippen LogP contribution is 2.56. The van der Waals surface area contributed by atoms with Crippen LogP contribution in [-0.4, -0.2) is 0 Å². The van der Waals surface area contributed by atoms with Crippen LogP contribution in [0.15, 0.2) is 26.4 Å². The first kappa shape index (κ1) is 12.2. The van der Waals surface area contributed by atoms with E-state index in [1.54, 1.807) is 43.2 Å². The highest BCUT2D eigenvalue weighted by atomic mass is 33.5. The van der Waals surface area contributed by atoms with E-state index in [0.717, 1.165) is 16.8 Å². The SMILES string of the molecule is O=c1sc2c(s1)Sc1sc(=O)sc1SSS2. The maximum absolute atomic E-state index is 11.3. The molecule has 0 radical (unpaired) electrons. The minimum absolute atomic E-state index is 0.127. The van der Waals surface area contributed by atoms with E-state index >= 15 is 0 Å². The summed E-state index contributed by atoms with van der Waals surface area (Å²) in [7, 11) is 4.84. The average molecular weight is 361 g/mol. The zero-order valence-electron chi connectivity index (χ0n) is 7.08. The van der Waals surface area contributed by atoms with Gasteiger partial charge in [-0.1, -0.05) is 57.1 Å². The number of hydrogen-bond donors (Lipinski definition) is 0. The summed E-state index contributed by atoms with van der Waals surface area (Å²) in [4.78, 5) is 22.7. The largest absolute Gasteiger partial charge is 0.289 e. The summed E-state index contributed by atoms with van der Waals surface area (Å²) in [5.41, 5.74) is 0. The second-order valence-electron chi connectivity index (χ2n) is 2.39. The van der Waals surface area contributed by atoms with Gasteiger partial charge in [0, 0.05) is 0 Å². The summed E-state index contributed by atoms with van der Waals surface area (Å²) >= 11 is 6.71. The van der Waals surface area contributed by atoms with Crippen molar-refractivity contribution < 1.29 is 0 Å². The highest BCUT2D eigenvalue weighted by Gasteiger charge is 2.20. The fraction of sp³-hybridized carbons (Fsp3) is 0. The lowest BCUT2D eigenvalue weighted by Gasteiger charge is -2.05. The molecule has 1 aliphatic rings. The molecule has 2 aromatic heterocycles. The molecule has 0 fully saturated rings. The summed E-state index contributed by atoms with van der Waals surface area (Å²) in [5.74, 6) is 0.